The van der Waals surface area contributed by atoms with Gasteiger partial charge in [-0.25, -0.2) is 9.59 Å². The van der Waals surface area contributed by atoms with Gasteiger partial charge in [0.15, 0.2) is 0 Å². The Balaban J connectivity index is 3.52. The molecule has 0 aliphatic heterocycles. The zero-order valence-electron chi connectivity index (χ0n) is 16.8. The Morgan fingerprint density at radius 2 is 0.893 bits per heavy atom. The van der Waals surface area contributed by atoms with E-state index in [4.69, 9.17) is 18.9 Å². The van der Waals surface area contributed by atoms with Gasteiger partial charge in [-0.05, 0) is 26.7 Å². The van der Waals surface area contributed by atoms with Crippen molar-refractivity contribution in [1.29, 1.82) is 0 Å². The Bertz CT molecular complexity index is 515. The van der Waals surface area contributed by atoms with Gasteiger partial charge in [0, 0.05) is 36.8 Å². The van der Waals surface area contributed by atoms with Crippen molar-refractivity contribution >= 4 is 23.9 Å². The fourth-order valence-corrected chi connectivity index (χ4v) is 1.75. The molecule has 158 valence electrons. The van der Waals surface area contributed by atoms with Crippen molar-refractivity contribution in [3.05, 3.63) is 24.3 Å². The first-order valence-electron chi connectivity index (χ1n) is 9.20. The van der Waals surface area contributed by atoms with Crippen LogP contribution in [0.1, 0.15) is 52.4 Å². The first-order chi connectivity index (χ1) is 13.2. The molecule has 0 amide bonds. The summed E-state index contributed by atoms with van der Waals surface area (Å²) in [4.78, 5) is 45.3. The maximum atomic E-state index is 11.5. The molecule has 0 fully saturated rings. The van der Waals surface area contributed by atoms with Gasteiger partial charge in [-0.3, -0.25) is 9.59 Å². The SMILES string of the molecule is C=C(C)C(=O)OCCCOC(=O)CCCCC(=O)OCCCOC(=O)C(=C)C. The highest BCUT2D eigenvalue weighted by Gasteiger charge is 2.08. The van der Waals surface area contributed by atoms with Crippen molar-refractivity contribution in [2.45, 2.75) is 52.4 Å². The van der Waals surface area contributed by atoms with Crippen LogP contribution in [0, 0.1) is 0 Å². The van der Waals surface area contributed by atoms with Gasteiger partial charge in [-0.1, -0.05) is 13.2 Å². The van der Waals surface area contributed by atoms with E-state index in [1.54, 1.807) is 13.8 Å². The third-order valence-corrected chi connectivity index (χ3v) is 3.28. The summed E-state index contributed by atoms with van der Waals surface area (Å²) in [6, 6.07) is 0. The lowest BCUT2D eigenvalue weighted by Crippen LogP contribution is -2.12. The van der Waals surface area contributed by atoms with E-state index in [0.717, 1.165) is 0 Å². The highest BCUT2D eigenvalue weighted by Crippen LogP contribution is 2.04. The molecule has 0 N–H and O–H groups in total. The molecule has 0 radical (unpaired) electrons. The molecule has 0 bridgehead atoms. The summed E-state index contributed by atoms with van der Waals surface area (Å²) in [5.74, 6) is -1.66. The van der Waals surface area contributed by atoms with Crippen molar-refractivity contribution in [3.8, 4) is 0 Å². The van der Waals surface area contributed by atoms with E-state index in [-0.39, 0.29) is 51.2 Å². The van der Waals surface area contributed by atoms with E-state index in [2.05, 4.69) is 13.2 Å². The molecule has 0 aromatic rings. The largest absolute Gasteiger partial charge is 0.466 e. The molecule has 0 atom stereocenters. The normalized spacial score (nSPS) is 9.93. The lowest BCUT2D eigenvalue weighted by Gasteiger charge is -2.07. The topological polar surface area (TPSA) is 105 Å². The predicted octanol–water partition coefficient (Wildman–Crippen LogP) is 2.65. The summed E-state index contributed by atoms with van der Waals surface area (Å²) < 4.78 is 19.7. The van der Waals surface area contributed by atoms with Gasteiger partial charge >= 0.3 is 23.9 Å². The van der Waals surface area contributed by atoms with Gasteiger partial charge < -0.3 is 18.9 Å². The van der Waals surface area contributed by atoms with Crippen LogP contribution in [-0.4, -0.2) is 50.3 Å². The number of unbranched alkanes of at least 4 members (excludes halogenated alkanes) is 1. The van der Waals surface area contributed by atoms with Gasteiger partial charge in [0.2, 0.25) is 0 Å². The smallest absolute Gasteiger partial charge is 0.333 e. The van der Waals surface area contributed by atoms with E-state index in [1.165, 1.54) is 0 Å². The third kappa shape index (κ3) is 14.5. The number of rotatable bonds is 15. The summed E-state index contributed by atoms with van der Waals surface area (Å²) in [5.41, 5.74) is 0.642. The van der Waals surface area contributed by atoms with E-state index >= 15 is 0 Å². The molecule has 8 nitrogen and oxygen atoms in total. The summed E-state index contributed by atoms with van der Waals surface area (Å²) in [6.45, 7) is 10.7. The molecule has 0 aliphatic carbocycles. The molecular formula is C20H30O8. The number of hydrogen-bond donors (Lipinski definition) is 0. The van der Waals surface area contributed by atoms with Crippen LogP contribution >= 0.6 is 0 Å². The molecule has 8 heteroatoms. The molecule has 0 heterocycles. The second kappa shape index (κ2) is 15.4. The van der Waals surface area contributed by atoms with Crippen LogP contribution in [0.4, 0.5) is 0 Å². The van der Waals surface area contributed by atoms with Crippen molar-refractivity contribution < 1.29 is 38.1 Å². The summed E-state index contributed by atoms with van der Waals surface area (Å²) >= 11 is 0. The van der Waals surface area contributed by atoms with Crippen molar-refractivity contribution in [2.75, 3.05) is 26.4 Å². The van der Waals surface area contributed by atoms with Gasteiger partial charge in [0.25, 0.3) is 0 Å². The molecule has 0 spiro atoms. The van der Waals surface area contributed by atoms with Crippen LogP contribution in [-0.2, 0) is 38.1 Å². The van der Waals surface area contributed by atoms with Crippen LogP contribution in [0.5, 0.6) is 0 Å². The van der Waals surface area contributed by atoms with Gasteiger partial charge in [0.05, 0.1) is 26.4 Å². The van der Waals surface area contributed by atoms with Gasteiger partial charge in [0.1, 0.15) is 0 Å². The lowest BCUT2D eigenvalue weighted by atomic mass is 10.2. The molecule has 0 aromatic heterocycles. The lowest BCUT2D eigenvalue weighted by molar-refractivity contribution is -0.147. The average molecular weight is 398 g/mol. The fraction of sp³-hybridized carbons (Fsp3) is 0.600. The Labute approximate surface area is 165 Å². The molecule has 0 rings (SSSR count). The summed E-state index contributed by atoms with van der Waals surface area (Å²) in [7, 11) is 0. The molecule has 0 saturated heterocycles. The first-order valence-corrected chi connectivity index (χ1v) is 9.20. The molecule has 0 saturated carbocycles. The Hall–Kier alpha value is -2.64. The molecule has 0 unspecified atom stereocenters. The third-order valence-electron chi connectivity index (χ3n) is 3.28. The second-order valence-corrected chi connectivity index (χ2v) is 6.19. The average Bonchev–Trinajstić information content (AvgIpc) is 2.64. The van der Waals surface area contributed by atoms with Crippen LogP contribution < -0.4 is 0 Å². The monoisotopic (exact) mass is 398 g/mol. The van der Waals surface area contributed by atoms with Gasteiger partial charge in [-0.2, -0.15) is 0 Å². The molecule has 0 aliphatic rings. The summed E-state index contributed by atoms with van der Waals surface area (Å²) in [6.07, 6.45) is 2.26. The molecule has 0 aromatic carbocycles. The minimum Gasteiger partial charge on any atom is -0.466 e. The molecular weight excluding hydrogens is 368 g/mol. The van der Waals surface area contributed by atoms with Crippen LogP contribution in [0.2, 0.25) is 0 Å². The van der Waals surface area contributed by atoms with E-state index in [0.29, 0.717) is 36.8 Å². The van der Waals surface area contributed by atoms with E-state index in [9.17, 15) is 19.2 Å². The highest BCUT2D eigenvalue weighted by molar-refractivity contribution is 5.87. The number of carbonyl (C=O) groups excluding carboxylic acids is 4. The first kappa shape index (κ1) is 25.4. The number of carbonyl (C=O) groups is 4. The summed E-state index contributed by atoms with van der Waals surface area (Å²) in [5, 5.41) is 0. The van der Waals surface area contributed by atoms with Crippen LogP contribution in [0.3, 0.4) is 0 Å². The predicted molar refractivity (Wildman–Crippen MR) is 101 cm³/mol. The van der Waals surface area contributed by atoms with E-state index in [1.807, 2.05) is 0 Å². The Kier molecular flexibility index (Phi) is 14.0. The fourth-order valence-electron chi connectivity index (χ4n) is 1.75. The van der Waals surface area contributed by atoms with Gasteiger partial charge in [-0.15, -0.1) is 0 Å². The number of hydrogen-bond acceptors (Lipinski definition) is 8. The maximum absolute atomic E-state index is 11.5. The van der Waals surface area contributed by atoms with Crippen LogP contribution in [0.15, 0.2) is 24.3 Å². The van der Waals surface area contributed by atoms with E-state index < -0.39 is 11.9 Å². The Morgan fingerprint density at radius 1 is 0.571 bits per heavy atom. The van der Waals surface area contributed by atoms with Crippen molar-refractivity contribution in [3.63, 3.8) is 0 Å². The number of esters is 4. The maximum Gasteiger partial charge on any atom is 0.333 e. The molecule has 28 heavy (non-hydrogen) atoms. The zero-order valence-corrected chi connectivity index (χ0v) is 16.8. The zero-order chi connectivity index (χ0) is 21.4. The standard InChI is InChI=1S/C20H30O8/c1-15(2)19(23)27-13-7-11-25-17(21)9-5-6-10-18(22)26-12-8-14-28-20(24)16(3)4/h1,3,5-14H2,2,4H3. The quantitative estimate of drug-likeness (QED) is 0.179. The Morgan fingerprint density at radius 3 is 1.21 bits per heavy atom. The minimum absolute atomic E-state index is 0.164. The van der Waals surface area contributed by atoms with Crippen molar-refractivity contribution in [1.82, 2.24) is 0 Å². The highest BCUT2D eigenvalue weighted by atomic mass is 16.6. The van der Waals surface area contributed by atoms with Crippen LogP contribution in [0.25, 0.3) is 0 Å². The second-order valence-electron chi connectivity index (χ2n) is 6.19. The minimum atomic E-state index is -0.467. The van der Waals surface area contributed by atoms with Crippen molar-refractivity contribution in [2.24, 2.45) is 0 Å². The number of ether oxygens (including phenoxy) is 4.